The summed E-state index contributed by atoms with van der Waals surface area (Å²) in [5, 5.41) is 8.80. The van der Waals surface area contributed by atoms with Gasteiger partial charge in [0.05, 0.1) is 60.2 Å². The van der Waals surface area contributed by atoms with E-state index in [0.717, 1.165) is 0 Å². The van der Waals surface area contributed by atoms with E-state index in [-0.39, 0.29) is 37.6 Å². The Morgan fingerprint density at radius 3 is 2.27 bits per heavy atom. The largest absolute Gasteiger partial charge is 0.464 e. The van der Waals surface area contributed by atoms with Crippen molar-refractivity contribution in [1.29, 1.82) is 0 Å². The zero-order valence-corrected chi connectivity index (χ0v) is 37.2. The van der Waals surface area contributed by atoms with Crippen LogP contribution in [0.3, 0.4) is 0 Å². The summed E-state index contributed by atoms with van der Waals surface area (Å²) in [5.74, 6) is -6.39. The van der Waals surface area contributed by atoms with Crippen LogP contribution in [0.5, 0.6) is 0 Å². The van der Waals surface area contributed by atoms with Crippen molar-refractivity contribution >= 4 is 23.7 Å². The summed E-state index contributed by atoms with van der Waals surface area (Å²) in [4.78, 5) is 58.4. The highest BCUT2D eigenvalue weighted by atomic mass is 16.7. The van der Waals surface area contributed by atoms with Gasteiger partial charge in [-0.3, -0.25) is 9.59 Å². The fraction of sp³-hybridized carbons (Fsp3) is 0.773. The number of Topliss-reactive ketones (excluding diaryl/α,β-unsaturated/α-hetero) is 1. The van der Waals surface area contributed by atoms with E-state index >= 15 is 0 Å². The van der Waals surface area contributed by atoms with Crippen molar-refractivity contribution < 1.29 is 57.1 Å². The van der Waals surface area contributed by atoms with Crippen molar-refractivity contribution in [2.75, 3.05) is 34.4 Å². The third kappa shape index (κ3) is 9.45. The Kier molecular flexibility index (Phi) is 14.8. The van der Waals surface area contributed by atoms with Crippen molar-refractivity contribution in [1.82, 2.24) is 4.90 Å². The minimum Gasteiger partial charge on any atom is -0.464 e. The molecule has 5 rings (SSSR count). The molecule has 4 aliphatic rings. The van der Waals surface area contributed by atoms with E-state index in [0.29, 0.717) is 18.4 Å². The Balaban J connectivity index is 1.61. The van der Waals surface area contributed by atoms with Crippen LogP contribution < -0.4 is 0 Å². The van der Waals surface area contributed by atoms with Gasteiger partial charge in [0.25, 0.3) is 0 Å². The minimum absolute atomic E-state index is 0.0304. The first-order valence-corrected chi connectivity index (χ1v) is 21.2. The van der Waals surface area contributed by atoms with E-state index < -0.39 is 101 Å². The molecule has 0 aromatic heterocycles. The van der Waals surface area contributed by atoms with Gasteiger partial charge in [0.2, 0.25) is 0 Å². The van der Waals surface area contributed by atoms with E-state index in [1.807, 2.05) is 66.6 Å². The van der Waals surface area contributed by atoms with E-state index in [9.17, 15) is 19.2 Å². The van der Waals surface area contributed by atoms with Gasteiger partial charge < -0.3 is 42.8 Å². The van der Waals surface area contributed by atoms with Gasteiger partial charge in [-0.2, -0.15) is 10.2 Å². The Bertz CT molecular complexity index is 1670. The fourth-order valence-electron chi connectivity index (χ4n) is 9.93. The highest BCUT2D eigenvalue weighted by Crippen LogP contribution is 2.52. The molecule has 1 aromatic carbocycles. The monoisotopic (exact) mass is 829 g/mol. The topological polar surface area (TPSA) is 170 Å². The van der Waals surface area contributed by atoms with Crippen LogP contribution in [-0.2, 0) is 52.3 Å². The molecule has 4 heterocycles. The predicted octanol–water partition coefficient (Wildman–Crippen LogP) is 5.81. The average Bonchev–Trinajstić information content (AvgIpc) is 3.65. The number of rotatable bonds is 9. The molecule has 0 saturated carbocycles. The van der Waals surface area contributed by atoms with Crippen molar-refractivity contribution in [3.05, 3.63) is 35.9 Å². The molecule has 330 valence electrons. The summed E-state index contributed by atoms with van der Waals surface area (Å²) in [6.07, 6.45) is -4.40. The zero-order chi connectivity index (χ0) is 43.6. The first-order chi connectivity index (χ1) is 27.7. The molecule has 1 spiro atoms. The van der Waals surface area contributed by atoms with Crippen LogP contribution in [0.1, 0.15) is 98.9 Å². The number of hydrogen-bond donors (Lipinski definition) is 0. The lowest BCUT2D eigenvalue weighted by Gasteiger charge is -2.55. The number of esters is 3. The molecule has 0 aliphatic carbocycles. The van der Waals surface area contributed by atoms with Gasteiger partial charge in [-0.25, -0.2) is 9.59 Å². The summed E-state index contributed by atoms with van der Waals surface area (Å²) < 4.78 is 51.6. The molecule has 3 fully saturated rings. The van der Waals surface area contributed by atoms with Crippen LogP contribution >= 0.6 is 0 Å². The van der Waals surface area contributed by atoms with Gasteiger partial charge in [-0.05, 0) is 93.0 Å². The standard InChI is InChI=1S/C44H67N3O12/c1-14-31-44(23-45-46-35(44)40(51)53-15-2)37-28(7)33(58-42(8,9)59-37)24(3)22-43(10,52-13)36(26(5)32(48)27(6)38(49)55-31)57-41-34(30(47(11)12)21-25(4)54-41)56-39(50)29-19-17-16-18-20-29/h16-20,24-28,30-31,33-37,41H,14-15,21-23H2,1-13H3/t24-,25-,26+,27-,28+,30+,31-,33+,34-,35?,36-,37-,41+,43-,44?/m1/s1. The third-order valence-electron chi connectivity index (χ3n) is 13.0. The molecule has 15 atom stereocenters. The van der Waals surface area contributed by atoms with Crippen LogP contribution in [0.4, 0.5) is 0 Å². The van der Waals surface area contributed by atoms with Crippen molar-refractivity contribution in [3.8, 4) is 0 Å². The highest BCUT2D eigenvalue weighted by Gasteiger charge is 2.65. The Morgan fingerprint density at radius 1 is 0.983 bits per heavy atom. The van der Waals surface area contributed by atoms with E-state index in [2.05, 4.69) is 17.2 Å². The zero-order valence-electron chi connectivity index (χ0n) is 37.2. The van der Waals surface area contributed by atoms with Crippen molar-refractivity contribution in [3.63, 3.8) is 0 Å². The third-order valence-corrected chi connectivity index (χ3v) is 13.0. The van der Waals surface area contributed by atoms with Crippen LogP contribution in [-0.4, -0.2) is 129 Å². The molecule has 1 aromatic rings. The quantitative estimate of drug-likeness (QED) is 0.166. The molecule has 0 amide bonds. The van der Waals surface area contributed by atoms with Gasteiger partial charge in [-0.15, -0.1) is 0 Å². The molecule has 0 N–H and O–H groups in total. The molecule has 2 bridgehead atoms. The van der Waals surface area contributed by atoms with E-state index in [1.165, 1.54) is 6.92 Å². The molecule has 15 nitrogen and oxygen atoms in total. The van der Waals surface area contributed by atoms with Crippen LogP contribution in [0.25, 0.3) is 0 Å². The fourth-order valence-corrected chi connectivity index (χ4v) is 9.93. The number of likely N-dealkylation sites (N-methyl/N-ethyl adjacent to an activating group) is 1. The maximum absolute atomic E-state index is 14.7. The van der Waals surface area contributed by atoms with Gasteiger partial charge in [-0.1, -0.05) is 45.9 Å². The molecule has 4 aliphatic heterocycles. The molecular weight excluding hydrogens is 762 g/mol. The summed E-state index contributed by atoms with van der Waals surface area (Å²) in [6, 6.07) is 7.27. The summed E-state index contributed by atoms with van der Waals surface area (Å²) >= 11 is 0. The molecular formula is C44H67N3O12. The number of fused-ring (bicyclic) bond motifs is 3. The highest BCUT2D eigenvalue weighted by molar-refractivity contribution is 6.00. The van der Waals surface area contributed by atoms with Gasteiger partial charge in [0.15, 0.2) is 30.0 Å². The Hall–Kier alpha value is -3.34. The average molecular weight is 830 g/mol. The molecule has 3 saturated heterocycles. The first-order valence-electron chi connectivity index (χ1n) is 21.2. The maximum atomic E-state index is 14.7. The Morgan fingerprint density at radius 2 is 1.66 bits per heavy atom. The van der Waals surface area contributed by atoms with Gasteiger partial charge in [0, 0.05) is 18.9 Å². The number of methoxy groups -OCH3 is 1. The van der Waals surface area contributed by atoms with Crippen LogP contribution in [0.15, 0.2) is 40.6 Å². The molecule has 59 heavy (non-hydrogen) atoms. The number of carbonyl (C=O) groups is 4. The van der Waals surface area contributed by atoms with E-state index in [1.54, 1.807) is 45.2 Å². The first kappa shape index (κ1) is 46.7. The second-order valence-electron chi connectivity index (χ2n) is 17.9. The molecule has 15 heteroatoms. The number of ketones is 1. The van der Waals surface area contributed by atoms with Crippen molar-refractivity contribution in [2.24, 2.45) is 39.3 Å². The van der Waals surface area contributed by atoms with Crippen LogP contribution in [0, 0.1) is 29.1 Å². The Labute approximate surface area is 349 Å². The smallest absolute Gasteiger partial charge is 0.338 e. The number of ether oxygens (including phenoxy) is 8. The van der Waals surface area contributed by atoms with Gasteiger partial charge in [0.1, 0.15) is 12.0 Å². The SMILES string of the molecule is CCOC(=O)C1N=NCC12[C@@H]1OC(C)(C)O[C@H]([C@@H]1C)[C@H](C)C[C@@](C)(OC)[C@H](O[C@@H]1O[C@H](C)C[C@H](N(C)C)[C@H]1OC(=O)c1ccccc1)[C@@H](C)C(=O)[C@@H](C)C(=O)O[C@@H]2CC. The second kappa shape index (κ2) is 18.7. The summed E-state index contributed by atoms with van der Waals surface area (Å²) in [5.41, 5.74) is -2.10. The lowest BCUT2D eigenvalue weighted by atomic mass is 9.64. The van der Waals surface area contributed by atoms with Gasteiger partial charge >= 0.3 is 17.9 Å². The number of cyclic esters (lactones) is 1. The maximum Gasteiger partial charge on any atom is 0.338 e. The number of benzene rings is 1. The number of hydrogen-bond acceptors (Lipinski definition) is 15. The number of carbonyl (C=O) groups excluding carboxylic acids is 4. The predicted molar refractivity (Wildman–Crippen MR) is 215 cm³/mol. The molecule has 2 unspecified atom stereocenters. The lowest BCUT2D eigenvalue weighted by molar-refractivity contribution is -0.353. The minimum atomic E-state index is -1.27. The van der Waals surface area contributed by atoms with Crippen molar-refractivity contribution in [2.45, 2.75) is 155 Å². The summed E-state index contributed by atoms with van der Waals surface area (Å²) in [6.45, 7) is 18.4. The normalized spacial score (nSPS) is 40.3. The summed E-state index contributed by atoms with van der Waals surface area (Å²) in [7, 11) is 5.38. The van der Waals surface area contributed by atoms with Crippen LogP contribution in [0.2, 0.25) is 0 Å². The van der Waals surface area contributed by atoms with E-state index in [4.69, 9.17) is 37.9 Å². The second-order valence-corrected chi connectivity index (χ2v) is 17.9. The lowest BCUT2D eigenvalue weighted by Crippen LogP contribution is -2.66. The number of azo groups is 1. The number of nitrogens with zero attached hydrogens (tertiary/aromatic N) is 3. The molecule has 0 radical (unpaired) electrons.